The number of hydrogen-bond donors (Lipinski definition) is 0. The second-order valence-corrected chi connectivity index (χ2v) is 4.18. The predicted octanol–water partition coefficient (Wildman–Crippen LogP) is 3.24. The highest BCUT2D eigenvalue weighted by atomic mass is 79.9. The molecule has 0 aliphatic rings. The van der Waals surface area contributed by atoms with Gasteiger partial charge in [-0.05, 0) is 22.0 Å². The van der Waals surface area contributed by atoms with Gasteiger partial charge in [0, 0.05) is 11.1 Å². The first-order valence-electron chi connectivity index (χ1n) is 4.58. The van der Waals surface area contributed by atoms with Gasteiger partial charge >= 0.3 is 5.97 Å². The number of pyridine rings is 1. The van der Waals surface area contributed by atoms with Crippen molar-refractivity contribution in [3.63, 3.8) is 0 Å². The van der Waals surface area contributed by atoms with Gasteiger partial charge in [-0.25, -0.2) is 13.8 Å². The molecule has 0 amide bonds. The Morgan fingerprint density at radius 1 is 1.65 bits per heavy atom. The minimum absolute atomic E-state index is 0.0246. The lowest BCUT2D eigenvalue weighted by molar-refractivity contribution is -0.139. The smallest absolute Gasteiger partial charge is 0.310 e. The fourth-order valence-electron chi connectivity index (χ4n) is 1.27. The summed E-state index contributed by atoms with van der Waals surface area (Å²) in [6.45, 7) is 0. The van der Waals surface area contributed by atoms with E-state index in [-0.39, 0.29) is 28.0 Å². The van der Waals surface area contributed by atoms with Crippen molar-refractivity contribution < 1.29 is 18.3 Å². The number of methoxy groups -OCH3 is 1. The van der Waals surface area contributed by atoms with Crippen LogP contribution < -0.4 is 0 Å². The number of nitrogens with zero attached hydrogens (tertiary/aromatic N) is 1. The molecule has 17 heavy (non-hydrogen) atoms. The van der Waals surface area contributed by atoms with Crippen LogP contribution in [0.2, 0.25) is 0 Å². The summed E-state index contributed by atoms with van der Waals surface area (Å²) in [5.41, 5.74) is 0.191. The van der Waals surface area contributed by atoms with E-state index in [9.17, 15) is 13.6 Å². The first-order valence-corrected chi connectivity index (χ1v) is 5.91. The Morgan fingerprint density at radius 3 is 2.76 bits per heavy atom. The highest BCUT2D eigenvalue weighted by molar-refractivity contribution is 9.10. The lowest BCUT2D eigenvalue weighted by atomic mass is 10.1. The molecule has 0 aromatic carbocycles. The largest absolute Gasteiger partial charge is 0.469 e. The number of alkyl halides is 3. The van der Waals surface area contributed by atoms with E-state index < -0.39 is 12.4 Å². The fourth-order valence-corrected chi connectivity index (χ4v) is 2.00. The maximum atomic E-state index is 12.8. The summed E-state index contributed by atoms with van der Waals surface area (Å²) >= 11 is 8.59. The van der Waals surface area contributed by atoms with Crippen molar-refractivity contribution >= 4 is 33.5 Å². The topological polar surface area (TPSA) is 39.2 Å². The second kappa shape index (κ2) is 6.26. The maximum Gasteiger partial charge on any atom is 0.310 e. The lowest BCUT2D eigenvalue weighted by Crippen LogP contribution is -2.10. The van der Waals surface area contributed by atoms with Crippen LogP contribution in [0.1, 0.15) is 23.2 Å². The van der Waals surface area contributed by atoms with Crippen LogP contribution in [-0.2, 0) is 21.8 Å². The molecule has 0 fully saturated rings. The van der Waals surface area contributed by atoms with E-state index in [2.05, 4.69) is 25.7 Å². The van der Waals surface area contributed by atoms with Crippen LogP contribution in [0.3, 0.4) is 0 Å². The highest BCUT2D eigenvalue weighted by Gasteiger charge is 2.20. The molecule has 0 saturated carbocycles. The Hall–Kier alpha value is -0.750. The van der Waals surface area contributed by atoms with Gasteiger partial charge in [0.15, 0.2) is 0 Å². The molecule has 0 radical (unpaired) electrons. The van der Waals surface area contributed by atoms with E-state index >= 15 is 0 Å². The molecule has 0 spiro atoms. The molecule has 1 aromatic rings. The minimum atomic E-state index is -2.70. The molecule has 1 rings (SSSR count). The van der Waals surface area contributed by atoms with E-state index in [0.717, 1.165) is 0 Å². The van der Waals surface area contributed by atoms with Crippen LogP contribution in [0, 0.1) is 0 Å². The third kappa shape index (κ3) is 3.61. The molecule has 94 valence electrons. The molecule has 0 atom stereocenters. The van der Waals surface area contributed by atoms with Gasteiger partial charge in [-0.15, -0.1) is 11.6 Å². The summed E-state index contributed by atoms with van der Waals surface area (Å²) in [6.07, 6.45) is -2.96. The third-order valence-corrected chi connectivity index (χ3v) is 3.01. The average Bonchev–Trinajstić information content (AvgIpc) is 2.30. The molecule has 0 aliphatic heterocycles. The molecule has 3 nitrogen and oxygen atoms in total. The van der Waals surface area contributed by atoms with E-state index in [1.165, 1.54) is 13.2 Å². The van der Waals surface area contributed by atoms with E-state index in [1.807, 2.05) is 0 Å². The highest BCUT2D eigenvalue weighted by Crippen LogP contribution is 2.29. The number of carbonyl (C=O) groups excluding carboxylic acids is 1. The summed E-state index contributed by atoms with van der Waals surface area (Å²) in [4.78, 5) is 15.1. The quantitative estimate of drug-likeness (QED) is 0.484. The van der Waals surface area contributed by atoms with Gasteiger partial charge in [-0.2, -0.15) is 0 Å². The number of aromatic nitrogens is 1. The van der Waals surface area contributed by atoms with E-state index in [1.54, 1.807) is 0 Å². The fraction of sp³-hybridized carbons (Fsp3) is 0.400. The van der Waals surface area contributed by atoms with Gasteiger partial charge in [0.1, 0.15) is 4.60 Å². The van der Waals surface area contributed by atoms with Crippen molar-refractivity contribution in [3.05, 3.63) is 27.5 Å². The zero-order valence-corrected chi connectivity index (χ0v) is 11.2. The van der Waals surface area contributed by atoms with Gasteiger partial charge in [0.25, 0.3) is 6.43 Å². The monoisotopic (exact) mass is 327 g/mol. The van der Waals surface area contributed by atoms with Crippen molar-refractivity contribution in [3.8, 4) is 0 Å². The summed E-state index contributed by atoms with van der Waals surface area (Å²) < 4.78 is 30.3. The Labute approximate surface area is 110 Å². The first-order chi connectivity index (χ1) is 7.99. The average molecular weight is 329 g/mol. The Kier molecular flexibility index (Phi) is 5.27. The number of hydrogen-bond acceptors (Lipinski definition) is 3. The maximum absolute atomic E-state index is 12.8. The molecule has 0 saturated heterocycles. The SMILES string of the molecule is COC(=O)Cc1c(C(F)F)cc(CCl)nc1Br. The number of rotatable bonds is 4. The van der Waals surface area contributed by atoms with Gasteiger partial charge < -0.3 is 4.74 Å². The summed E-state index contributed by atoms with van der Waals surface area (Å²) in [5.74, 6) is -0.579. The summed E-state index contributed by atoms with van der Waals surface area (Å²) in [6, 6.07) is 1.20. The van der Waals surface area contributed by atoms with Gasteiger partial charge in [-0.1, -0.05) is 0 Å². The number of halogens is 4. The molecule has 0 N–H and O–H groups in total. The Balaban J connectivity index is 3.21. The Morgan fingerprint density at radius 2 is 2.29 bits per heavy atom. The number of carbonyl (C=O) groups is 1. The standard InChI is InChI=1S/C10H9BrClF2NO2/c1-17-8(16)3-6-7(10(13)14)2-5(4-12)15-9(6)11/h2,10H,3-4H2,1H3. The molecule has 1 aromatic heterocycles. The molecule has 0 bridgehead atoms. The van der Waals surface area contributed by atoms with Crippen LogP contribution >= 0.6 is 27.5 Å². The molecule has 1 heterocycles. The molecule has 7 heteroatoms. The summed E-state index contributed by atoms with van der Waals surface area (Å²) in [5, 5.41) is 0. The zero-order valence-electron chi connectivity index (χ0n) is 8.84. The van der Waals surface area contributed by atoms with E-state index in [4.69, 9.17) is 11.6 Å². The van der Waals surface area contributed by atoms with Gasteiger partial charge in [0.05, 0.1) is 25.1 Å². The van der Waals surface area contributed by atoms with Crippen LogP contribution in [0.4, 0.5) is 8.78 Å². The normalized spacial score (nSPS) is 10.7. The van der Waals surface area contributed by atoms with Crippen molar-refractivity contribution in [2.24, 2.45) is 0 Å². The third-order valence-electron chi connectivity index (χ3n) is 2.08. The number of ether oxygens (including phenoxy) is 1. The summed E-state index contributed by atoms with van der Waals surface area (Å²) in [7, 11) is 1.19. The van der Waals surface area contributed by atoms with Crippen LogP contribution in [0.5, 0.6) is 0 Å². The molecule has 0 aliphatic carbocycles. The van der Waals surface area contributed by atoms with Gasteiger partial charge in [-0.3, -0.25) is 4.79 Å². The van der Waals surface area contributed by atoms with Crippen molar-refractivity contribution in [1.29, 1.82) is 0 Å². The molecular weight excluding hydrogens is 319 g/mol. The van der Waals surface area contributed by atoms with Crippen molar-refractivity contribution in [2.45, 2.75) is 18.7 Å². The van der Waals surface area contributed by atoms with Gasteiger partial charge in [0.2, 0.25) is 0 Å². The Bertz CT molecular complexity index is 429. The second-order valence-electron chi connectivity index (χ2n) is 3.16. The minimum Gasteiger partial charge on any atom is -0.469 e. The van der Waals surface area contributed by atoms with Crippen LogP contribution in [0.25, 0.3) is 0 Å². The number of esters is 1. The van der Waals surface area contributed by atoms with Crippen LogP contribution in [0.15, 0.2) is 10.7 Å². The first kappa shape index (κ1) is 14.3. The van der Waals surface area contributed by atoms with Crippen molar-refractivity contribution in [2.75, 3.05) is 7.11 Å². The van der Waals surface area contributed by atoms with Crippen LogP contribution in [-0.4, -0.2) is 18.1 Å². The predicted molar refractivity (Wildman–Crippen MR) is 62.2 cm³/mol. The molecular formula is C10H9BrClF2NO2. The van der Waals surface area contributed by atoms with Crippen molar-refractivity contribution in [1.82, 2.24) is 4.98 Å². The van der Waals surface area contributed by atoms with E-state index in [0.29, 0.717) is 5.69 Å². The molecule has 0 unspecified atom stereocenters. The lowest BCUT2D eigenvalue weighted by Gasteiger charge is -2.11. The zero-order chi connectivity index (χ0) is 13.0.